The largest absolute Gasteiger partial charge is 0.494 e. The van der Waals surface area contributed by atoms with Crippen LogP contribution in [-0.4, -0.2) is 67.6 Å². The molecule has 182 valence electrons. The van der Waals surface area contributed by atoms with Gasteiger partial charge in [-0.1, -0.05) is 24.3 Å². The molecule has 2 aliphatic heterocycles. The number of nitrogens with zero attached hydrogens (tertiary/aromatic N) is 4. The molecule has 2 fully saturated rings. The number of benzene rings is 2. The molecule has 0 aliphatic carbocycles. The van der Waals surface area contributed by atoms with E-state index in [2.05, 4.69) is 29.7 Å². The Bertz CT molecular complexity index is 1230. The third-order valence-corrected chi connectivity index (χ3v) is 7.12. The number of hydrogen-bond acceptors (Lipinski definition) is 6. The average Bonchev–Trinajstić information content (AvgIpc) is 2.87. The predicted octanol–water partition coefficient (Wildman–Crippen LogP) is 4.81. The number of para-hydroxylation sites is 1. The van der Waals surface area contributed by atoms with E-state index in [0.717, 1.165) is 53.8 Å². The highest BCUT2D eigenvalue weighted by molar-refractivity contribution is 5.99. The summed E-state index contributed by atoms with van der Waals surface area (Å²) >= 11 is 0. The van der Waals surface area contributed by atoms with Crippen molar-refractivity contribution in [1.82, 2.24) is 9.88 Å². The van der Waals surface area contributed by atoms with Crippen LogP contribution in [-0.2, 0) is 4.74 Å². The van der Waals surface area contributed by atoms with Crippen LogP contribution >= 0.6 is 0 Å². The molecular weight excluding hydrogens is 443 g/mol. The molecule has 6 nitrogen and oxygen atoms in total. The van der Waals surface area contributed by atoms with Gasteiger partial charge in [-0.2, -0.15) is 5.26 Å². The number of fused-ring (bicyclic) bond motifs is 1. The molecule has 4 atom stereocenters. The van der Waals surface area contributed by atoms with Gasteiger partial charge in [0.2, 0.25) is 0 Å². The Labute approximate surface area is 205 Å². The SMILES string of the molecule is COc1c(N2CC[C@@H](N3C[C@@H](C)O[C@@H](C)C3)[C@@H](F)C2)cnc2c(-c3ccc(C#N)cc3)cccc12. The highest BCUT2D eigenvalue weighted by Crippen LogP contribution is 2.40. The molecule has 3 heterocycles. The van der Waals surface area contributed by atoms with Crippen LogP contribution in [0.25, 0.3) is 22.0 Å². The van der Waals surface area contributed by atoms with E-state index in [1.165, 1.54) is 0 Å². The Balaban J connectivity index is 1.43. The van der Waals surface area contributed by atoms with Crippen molar-refractivity contribution in [2.75, 3.05) is 38.2 Å². The first-order chi connectivity index (χ1) is 17.0. The third-order valence-electron chi connectivity index (χ3n) is 7.12. The number of alkyl halides is 1. The lowest BCUT2D eigenvalue weighted by Crippen LogP contribution is -2.58. The number of ether oxygens (including phenoxy) is 2. The number of halogens is 1. The van der Waals surface area contributed by atoms with Gasteiger partial charge in [-0.15, -0.1) is 0 Å². The fraction of sp³-hybridized carbons (Fsp3) is 0.429. The van der Waals surface area contributed by atoms with Crippen molar-refractivity contribution in [2.24, 2.45) is 0 Å². The van der Waals surface area contributed by atoms with Crippen LogP contribution in [0.4, 0.5) is 10.1 Å². The minimum atomic E-state index is -0.966. The highest BCUT2D eigenvalue weighted by atomic mass is 19.1. The Hall–Kier alpha value is -3.21. The van der Waals surface area contributed by atoms with Crippen LogP contribution in [0.15, 0.2) is 48.7 Å². The normalized spacial score (nSPS) is 25.4. The zero-order chi connectivity index (χ0) is 24.5. The van der Waals surface area contributed by atoms with Crippen molar-refractivity contribution >= 4 is 16.6 Å². The minimum absolute atomic E-state index is 0.0950. The van der Waals surface area contributed by atoms with Crippen molar-refractivity contribution in [3.8, 4) is 22.9 Å². The van der Waals surface area contributed by atoms with Gasteiger partial charge in [0.1, 0.15) is 6.17 Å². The van der Waals surface area contributed by atoms with Crippen molar-refractivity contribution in [1.29, 1.82) is 5.26 Å². The topological polar surface area (TPSA) is 61.6 Å². The summed E-state index contributed by atoms with van der Waals surface area (Å²) < 4.78 is 27.2. The lowest BCUT2D eigenvalue weighted by molar-refractivity contribution is -0.0910. The van der Waals surface area contributed by atoms with Gasteiger partial charge >= 0.3 is 0 Å². The zero-order valence-corrected chi connectivity index (χ0v) is 20.4. The second kappa shape index (κ2) is 9.80. The van der Waals surface area contributed by atoms with Gasteiger partial charge in [0.25, 0.3) is 0 Å². The first-order valence-electron chi connectivity index (χ1n) is 12.2. The molecule has 2 saturated heterocycles. The average molecular weight is 475 g/mol. The van der Waals surface area contributed by atoms with Crippen LogP contribution < -0.4 is 9.64 Å². The monoisotopic (exact) mass is 474 g/mol. The fourth-order valence-corrected chi connectivity index (χ4v) is 5.60. The summed E-state index contributed by atoms with van der Waals surface area (Å²) in [7, 11) is 1.66. The quantitative estimate of drug-likeness (QED) is 0.541. The maximum atomic E-state index is 15.5. The van der Waals surface area contributed by atoms with Crippen LogP contribution in [0, 0.1) is 11.3 Å². The summed E-state index contributed by atoms with van der Waals surface area (Å²) in [5.41, 5.74) is 4.21. The molecule has 7 heteroatoms. The van der Waals surface area contributed by atoms with Gasteiger partial charge < -0.3 is 14.4 Å². The zero-order valence-electron chi connectivity index (χ0n) is 20.4. The molecule has 0 bridgehead atoms. The summed E-state index contributed by atoms with van der Waals surface area (Å²) in [5, 5.41) is 10.00. The van der Waals surface area contributed by atoms with E-state index >= 15 is 4.39 Å². The van der Waals surface area contributed by atoms with E-state index in [1.807, 2.05) is 30.3 Å². The molecule has 0 N–H and O–H groups in total. The van der Waals surface area contributed by atoms with E-state index in [4.69, 9.17) is 19.7 Å². The van der Waals surface area contributed by atoms with Gasteiger partial charge in [0.05, 0.1) is 54.9 Å². The Morgan fingerprint density at radius 1 is 1.09 bits per heavy atom. The van der Waals surface area contributed by atoms with E-state index in [-0.39, 0.29) is 18.2 Å². The molecule has 2 aliphatic rings. The van der Waals surface area contributed by atoms with Gasteiger partial charge in [-0.25, -0.2) is 4.39 Å². The van der Waals surface area contributed by atoms with Crippen LogP contribution in [0.1, 0.15) is 25.8 Å². The van der Waals surface area contributed by atoms with Gasteiger partial charge in [-0.3, -0.25) is 9.88 Å². The van der Waals surface area contributed by atoms with Gasteiger partial charge in [0.15, 0.2) is 5.75 Å². The third kappa shape index (κ3) is 4.56. The Morgan fingerprint density at radius 2 is 1.83 bits per heavy atom. The predicted molar refractivity (Wildman–Crippen MR) is 136 cm³/mol. The Morgan fingerprint density at radius 3 is 2.49 bits per heavy atom. The summed E-state index contributed by atoms with van der Waals surface area (Å²) in [6.45, 7) is 6.71. The lowest BCUT2D eigenvalue weighted by atomic mass is 9.98. The number of pyridine rings is 1. The van der Waals surface area contributed by atoms with E-state index in [9.17, 15) is 0 Å². The molecule has 0 saturated carbocycles. The second-order valence-electron chi connectivity index (χ2n) is 9.60. The Kier molecular flexibility index (Phi) is 6.59. The van der Waals surface area contributed by atoms with Crippen molar-refractivity contribution in [3.63, 3.8) is 0 Å². The van der Waals surface area contributed by atoms with E-state index in [0.29, 0.717) is 17.9 Å². The number of aromatic nitrogens is 1. The summed E-state index contributed by atoms with van der Waals surface area (Å²) in [6.07, 6.45) is 1.83. The molecule has 0 unspecified atom stereocenters. The molecule has 3 aromatic rings. The van der Waals surface area contributed by atoms with E-state index < -0.39 is 6.17 Å². The molecular formula is C28H31FN4O2. The van der Waals surface area contributed by atoms with Crippen LogP contribution in [0.2, 0.25) is 0 Å². The number of nitriles is 1. The number of morpholine rings is 1. The fourth-order valence-electron chi connectivity index (χ4n) is 5.60. The van der Waals surface area contributed by atoms with Crippen molar-refractivity contribution in [3.05, 3.63) is 54.2 Å². The number of hydrogen-bond donors (Lipinski definition) is 0. The molecule has 0 spiro atoms. The first-order valence-corrected chi connectivity index (χ1v) is 12.2. The van der Waals surface area contributed by atoms with E-state index in [1.54, 1.807) is 25.4 Å². The van der Waals surface area contributed by atoms with Gasteiger partial charge in [-0.05, 0) is 44.0 Å². The van der Waals surface area contributed by atoms with Crippen LogP contribution in [0.5, 0.6) is 5.75 Å². The smallest absolute Gasteiger partial charge is 0.153 e. The molecule has 5 rings (SSSR count). The minimum Gasteiger partial charge on any atom is -0.494 e. The number of piperidine rings is 1. The number of methoxy groups -OCH3 is 1. The first kappa shape index (κ1) is 23.5. The summed E-state index contributed by atoms with van der Waals surface area (Å²) in [5.74, 6) is 0.713. The maximum Gasteiger partial charge on any atom is 0.153 e. The lowest BCUT2D eigenvalue weighted by Gasteiger charge is -2.45. The molecule has 2 aromatic carbocycles. The number of anilines is 1. The van der Waals surface area contributed by atoms with Crippen molar-refractivity contribution < 1.29 is 13.9 Å². The number of rotatable bonds is 4. The maximum absolute atomic E-state index is 15.5. The highest BCUT2D eigenvalue weighted by Gasteiger charge is 2.37. The summed E-state index contributed by atoms with van der Waals surface area (Å²) in [4.78, 5) is 9.13. The summed E-state index contributed by atoms with van der Waals surface area (Å²) in [6, 6.07) is 15.5. The van der Waals surface area contributed by atoms with Crippen molar-refractivity contribution in [2.45, 2.75) is 44.7 Å². The van der Waals surface area contributed by atoms with Gasteiger partial charge in [0, 0.05) is 36.6 Å². The molecule has 0 amide bonds. The molecule has 1 aromatic heterocycles. The molecule has 0 radical (unpaired) electrons. The standard InChI is InChI=1S/C28H31FN4O2/c1-18-15-33(16-19(2)35-18)25-11-12-32(17-24(25)29)26-14-31-27-22(5-4-6-23(27)28(26)34-3)21-9-7-20(13-30)8-10-21/h4-10,14,18-19,24-25H,11-12,15-17H2,1-3H3/t18-,19+,24-,25+/m0/s1. The molecule has 35 heavy (non-hydrogen) atoms. The second-order valence-corrected chi connectivity index (χ2v) is 9.60. The van der Waals surface area contributed by atoms with Crippen LogP contribution in [0.3, 0.4) is 0 Å².